The number of hydrogen-bond donors (Lipinski definition) is 0. The Morgan fingerprint density at radius 3 is 2.53 bits per heavy atom. The molecule has 1 atom stereocenters. The molecule has 0 aliphatic carbocycles. The summed E-state index contributed by atoms with van der Waals surface area (Å²) in [7, 11) is 1.74. The average Bonchev–Trinajstić information content (AvgIpc) is 2.28. The zero-order valence-electron chi connectivity index (χ0n) is 10.8. The third-order valence-electron chi connectivity index (χ3n) is 2.48. The monoisotopic (exact) mass is 294 g/mol. The molecule has 0 aliphatic rings. The van der Waals surface area contributed by atoms with Crippen LogP contribution < -0.4 is 0 Å². The molecule has 0 aliphatic heterocycles. The van der Waals surface area contributed by atoms with Gasteiger partial charge in [-0.25, -0.2) is 0 Å². The molecule has 0 aromatic heterocycles. The molecule has 1 nitrogen and oxygen atoms in total. The minimum atomic E-state index is -0.00704. The van der Waals surface area contributed by atoms with E-state index < -0.39 is 0 Å². The van der Waals surface area contributed by atoms with Crippen molar-refractivity contribution < 1.29 is 4.74 Å². The van der Waals surface area contributed by atoms with Crippen molar-refractivity contribution in [2.24, 2.45) is 0 Å². The second-order valence-corrected chi connectivity index (χ2v) is 5.10. The van der Waals surface area contributed by atoms with E-state index in [1.807, 2.05) is 19.1 Å². The molecule has 1 aromatic carbocycles. The third-order valence-corrected chi connectivity index (χ3v) is 2.97. The van der Waals surface area contributed by atoms with E-state index >= 15 is 0 Å². The fourth-order valence-corrected chi connectivity index (χ4v) is 2.19. The Morgan fingerprint density at radius 2 is 2.06 bits per heavy atom. The second kappa shape index (κ2) is 6.77. The van der Waals surface area contributed by atoms with Gasteiger partial charge >= 0.3 is 0 Å². The van der Waals surface area contributed by atoms with E-state index in [1.54, 1.807) is 7.11 Å². The Labute approximate surface area is 112 Å². The lowest BCUT2D eigenvalue weighted by Crippen LogP contribution is -2.04. The molecule has 1 aromatic rings. The standard InChI is InChI=1S/C15H19BrO/c1-5-12(9-11(2)3)15(17-4)13-7-6-8-14(16)10-13/h5-10,15H,1-4H3/b12-5+. The highest BCUT2D eigenvalue weighted by molar-refractivity contribution is 9.10. The molecular weight excluding hydrogens is 276 g/mol. The first kappa shape index (κ1) is 14.2. The molecular formula is C15H19BrO. The van der Waals surface area contributed by atoms with E-state index in [9.17, 15) is 0 Å². The summed E-state index contributed by atoms with van der Waals surface area (Å²) in [5.41, 5.74) is 3.62. The van der Waals surface area contributed by atoms with Crippen LogP contribution in [0.2, 0.25) is 0 Å². The molecule has 92 valence electrons. The molecule has 17 heavy (non-hydrogen) atoms. The maximum Gasteiger partial charge on any atom is 0.107 e. The number of halogens is 1. The quantitative estimate of drug-likeness (QED) is 0.706. The number of methoxy groups -OCH3 is 1. The summed E-state index contributed by atoms with van der Waals surface area (Å²) >= 11 is 3.49. The lowest BCUT2D eigenvalue weighted by atomic mass is 9.99. The van der Waals surface area contributed by atoms with Crippen molar-refractivity contribution >= 4 is 15.9 Å². The van der Waals surface area contributed by atoms with Crippen molar-refractivity contribution in [2.75, 3.05) is 7.11 Å². The van der Waals surface area contributed by atoms with Crippen LogP contribution >= 0.6 is 15.9 Å². The molecule has 0 N–H and O–H groups in total. The van der Waals surface area contributed by atoms with Crippen LogP contribution in [0.25, 0.3) is 0 Å². The maximum absolute atomic E-state index is 5.61. The Morgan fingerprint density at radius 1 is 1.35 bits per heavy atom. The smallest absolute Gasteiger partial charge is 0.107 e. The fraction of sp³-hybridized carbons (Fsp3) is 0.333. The van der Waals surface area contributed by atoms with Gasteiger partial charge < -0.3 is 4.74 Å². The molecule has 0 amide bonds. The topological polar surface area (TPSA) is 9.23 Å². The number of rotatable bonds is 4. The first-order valence-corrected chi connectivity index (χ1v) is 6.47. The normalized spacial score (nSPS) is 13.4. The number of allylic oxidation sites excluding steroid dienone is 2. The van der Waals surface area contributed by atoms with Crippen LogP contribution in [0.1, 0.15) is 32.4 Å². The molecule has 1 unspecified atom stereocenters. The Hall–Kier alpha value is -0.860. The Balaban J connectivity index is 3.10. The maximum atomic E-state index is 5.61. The van der Waals surface area contributed by atoms with Crippen molar-refractivity contribution in [3.63, 3.8) is 0 Å². The third kappa shape index (κ3) is 4.14. The highest BCUT2D eigenvalue weighted by Crippen LogP contribution is 2.28. The van der Waals surface area contributed by atoms with E-state index in [2.05, 4.69) is 54.1 Å². The summed E-state index contributed by atoms with van der Waals surface area (Å²) in [5.74, 6) is 0. The minimum Gasteiger partial charge on any atom is -0.372 e. The van der Waals surface area contributed by atoms with Gasteiger partial charge in [0.1, 0.15) is 6.10 Å². The van der Waals surface area contributed by atoms with Crippen LogP contribution in [0.15, 0.2) is 52.0 Å². The van der Waals surface area contributed by atoms with Crippen LogP contribution in [0, 0.1) is 0 Å². The van der Waals surface area contributed by atoms with Crippen molar-refractivity contribution in [3.8, 4) is 0 Å². The van der Waals surface area contributed by atoms with Crippen molar-refractivity contribution in [1.29, 1.82) is 0 Å². The van der Waals surface area contributed by atoms with Gasteiger partial charge in [0, 0.05) is 11.6 Å². The Bertz CT molecular complexity index is 428. The molecule has 0 spiro atoms. The van der Waals surface area contributed by atoms with E-state index in [0.29, 0.717) is 0 Å². The highest BCUT2D eigenvalue weighted by atomic mass is 79.9. The fourth-order valence-electron chi connectivity index (χ4n) is 1.78. The first-order valence-electron chi connectivity index (χ1n) is 5.68. The lowest BCUT2D eigenvalue weighted by Gasteiger charge is -2.18. The average molecular weight is 295 g/mol. The van der Waals surface area contributed by atoms with Crippen LogP contribution in [0.4, 0.5) is 0 Å². The number of hydrogen-bond acceptors (Lipinski definition) is 1. The van der Waals surface area contributed by atoms with Crippen LogP contribution in [0.5, 0.6) is 0 Å². The summed E-state index contributed by atoms with van der Waals surface area (Å²) in [6.45, 7) is 6.23. The molecule has 1 rings (SSSR count). The molecule has 0 bridgehead atoms. The highest BCUT2D eigenvalue weighted by Gasteiger charge is 2.13. The largest absolute Gasteiger partial charge is 0.372 e. The van der Waals surface area contributed by atoms with Gasteiger partial charge in [-0.05, 0) is 44.0 Å². The molecule has 2 heteroatoms. The van der Waals surface area contributed by atoms with E-state index in [4.69, 9.17) is 4.74 Å². The first-order chi connectivity index (χ1) is 8.08. The van der Waals surface area contributed by atoms with Gasteiger partial charge in [0.2, 0.25) is 0 Å². The van der Waals surface area contributed by atoms with E-state index in [-0.39, 0.29) is 6.10 Å². The van der Waals surface area contributed by atoms with Crippen molar-refractivity contribution in [2.45, 2.75) is 26.9 Å². The zero-order valence-corrected chi connectivity index (χ0v) is 12.4. The molecule has 0 radical (unpaired) electrons. The molecule has 0 heterocycles. The van der Waals surface area contributed by atoms with Gasteiger partial charge in [0.25, 0.3) is 0 Å². The predicted octanol–water partition coefficient (Wildman–Crippen LogP) is 5.05. The van der Waals surface area contributed by atoms with E-state index in [1.165, 1.54) is 11.1 Å². The number of benzene rings is 1. The summed E-state index contributed by atoms with van der Waals surface area (Å²) in [4.78, 5) is 0. The summed E-state index contributed by atoms with van der Waals surface area (Å²) in [5, 5.41) is 0. The van der Waals surface area contributed by atoms with E-state index in [0.717, 1.165) is 10.0 Å². The second-order valence-electron chi connectivity index (χ2n) is 4.18. The zero-order chi connectivity index (χ0) is 12.8. The van der Waals surface area contributed by atoms with Crippen LogP contribution in [-0.2, 0) is 4.74 Å². The molecule has 0 saturated carbocycles. The van der Waals surface area contributed by atoms with Crippen LogP contribution in [0.3, 0.4) is 0 Å². The lowest BCUT2D eigenvalue weighted by molar-refractivity contribution is 0.135. The van der Waals surface area contributed by atoms with Gasteiger partial charge in [-0.3, -0.25) is 0 Å². The van der Waals surface area contributed by atoms with Gasteiger partial charge in [0.05, 0.1) is 0 Å². The number of ether oxygens (including phenoxy) is 1. The van der Waals surface area contributed by atoms with Gasteiger partial charge in [0.15, 0.2) is 0 Å². The van der Waals surface area contributed by atoms with Crippen molar-refractivity contribution in [1.82, 2.24) is 0 Å². The summed E-state index contributed by atoms with van der Waals surface area (Å²) in [6.07, 6.45) is 4.25. The summed E-state index contributed by atoms with van der Waals surface area (Å²) < 4.78 is 6.69. The summed E-state index contributed by atoms with van der Waals surface area (Å²) in [6, 6.07) is 8.23. The van der Waals surface area contributed by atoms with Crippen LogP contribution in [-0.4, -0.2) is 7.11 Å². The molecule has 0 fully saturated rings. The Kier molecular flexibility index (Phi) is 5.66. The van der Waals surface area contributed by atoms with Gasteiger partial charge in [-0.1, -0.05) is 45.8 Å². The van der Waals surface area contributed by atoms with Gasteiger partial charge in [-0.2, -0.15) is 0 Å². The molecule has 0 saturated heterocycles. The SMILES string of the molecule is C/C=C(\C=C(C)C)C(OC)c1cccc(Br)c1. The predicted molar refractivity (Wildman–Crippen MR) is 77.1 cm³/mol. The minimum absolute atomic E-state index is 0.00704. The van der Waals surface area contributed by atoms with Gasteiger partial charge in [-0.15, -0.1) is 0 Å². The van der Waals surface area contributed by atoms with Crippen molar-refractivity contribution in [3.05, 3.63) is 57.6 Å².